The maximum absolute atomic E-state index is 3.43. The molecule has 1 saturated heterocycles. The minimum Gasteiger partial charge on any atom is -0.302 e. The fourth-order valence-electron chi connectivity index (χ4n) is 1.41. The molecule has 2 heteroatoms. The third-order valence-corrected chi connectivity index (χ3v) is 2.19. The average molecular weight is 154 g/mol. The van der Waals surface area contributed by atoms with Crippen molar-refractivity contribution in [2.45, 2.75) is 26.4 Å². The van der Waals surface area contributed by atoms with Gasteiger partial charge in [-0.2, -0.15) is 0 Å². The van der Waals surface area contributed by atoms with E-state index in [0.717, 1.165) is 6.54 Å². The van der Waals surface area contributed by atoms with Crippen molar-refractivity contribution in [1.82, 2.24) is 10.2 Å². The molecule has 1 atom stereocenters. The number of hydrogen-bond acceptors (Lipinski definition) is 2. The monoisotopic (exact) mass is 154 g/mol. The Morgan fingerprint density at radius 1 is 1.64 bits per heavy atom. The molecule has 1 heterocycles. The number of nitrogens with one attached hydrogen (secondary N) is 1. The van der Waals surface area contributed by atoms with Gasteiger partial charge in [0.15, 0.2) is 0 Å². The van der Waals surface area contributed by atoms with E-state index in [1.165, 1.54) is 19.5 Å². The summed E-state index contributed by atoms with van der Waals surface area (Å²) in [5.74, 6) is 0. The van der Waals surface area contributed by atoms with Crippen LogP contribution in [0.25, 0.3) is 0 Å². The second kappa shape index (κ2) is 4.52. The summed E-state index contributed by atoms with van der Waals surface area (Å²) in [6.45, 7) is 7.79. The van der Waals surface area contributed by atoms with Crippen LogP contribution in [-0.2, 0) is 0 Å². The van der Waals surface area contributed by atoms with Gasteiger partial charge < -0.3 is 5.32 Å². The highest BCUT2D eigenvalue weighted by atomic mass is 15.3. The van der Waals surface area contributed by atoms with Gasteiger partial charge in [0.2, 0.25) is 0 Å². The summed E-state index contributed by atoms with van der Waals surface area (Å²) in [4.78, 5) is 2.45. The van der Waals surface area contributed by atoms with Gasteiger partial charge in [0, 0.05) is 13.1 Å². The van der Waals surface area contributed by atoms with Gasteiger partial charge in [-0.1, -0.05) is 12.2 Å². The van der Waals surface area contributed by atoms with Gasteiger partial charge >= 0.3 is 0 Å². The molecule has 64 valence electrons. The highest BCUT2D eigenvalue weighted by Gasteiger charge is 2.14. The zero-order chi connectivity index (χ0) is 8.10. The Hall–Kier alpha value is -0.340. The van der Waals surface area contributed by atoms with Crippen molar-refractivity contribution in [3.05, 3.63) is 12.2 Å². The second-order valence-electron chi connectivity index (χ2n) is 3.05. The number of hydrogen-bond donors (Lipinski definition) is 1. The molecule has 0 aromatic carbocycles. The van der Waals surface area contributed by atoms with E-state index in [-0.39, 0.29) is 0 Å². The SMILES string of the molecule is C/C=C\CN1CCCNC1C. The summed E-state index contributed by atoms with van der Waals surface area (Å²) in [6, 6.07) is 0. The van der Waals surface area contributed by atoms with Crippen LogP contribution in [0.15, 0.2) is 12.2 Å². The molecule has 0 spiro atoms. The Bertz CT molecular complexity index is 132. The third kappa shape index (κ3) is 2.64. The molecule has 0 aromatic rings. The largest absolute Gasteiger partial charge is 0.302 e. The first kappa shape index (κ1) is 8.75. The van der Waals surface area contributed by atoms with E-state index in [0.29, 0.717) is 6.17 Å². The van der Waals surface area contributed by atoms with Crippen LogP contribution in [0.5, 0.6) is 0 Å². The van der Waals surface area contributed by atoms with Crippen LogP contribution in [0.2, 0.25) is 0 Å². The Balaban J connectivity index is 2.29. The van der Waals surface area contributed by atoms with Crippen molar-refractivity contribution in [3.8, 4) is 0 Å². The van der Waals surface area contributed by atoms with Gasteiger partial charge in [-0.15, -0.1) is 0 Å². The molecule has 11 heavy (non-hydrogen) atoms. The predicted octanol–water partition coefficient (Wildman–Crippen LogP) is 1.20. The lowest BCUT2D eigenvalue weighted by Gasteiger charge is -2.33. The fraction of sp³-hybridized carbons (Fsp3) is 0.778. The van der Waals surface area contributed by atoms with Gasteiger partial charge in [0.1, 0.15) is 0 Å². The molecule has 0 aliphatic carbocycles. The molecule has 1 rings (SSSR count). The lowest BCUT2D eigenvalue weighted by molar-refractivity contribution is 0.161. The molecule has 0 radical (unpaired) electrons. The van der Waals surface area contributed by atoms with E-state index in [1.54, 1.807) is 0 Å². The fourth-order valence-corrected chi connectivity index (χ4v) is 1.41. The van der Waals surface area contributed by atoms with Gasteiger partial charge in [0.05, 0.1) is 6.17 Å². The lowest BCUT2D eigenvalue weighted by Crippen LogP contribution is -2.49. The first-order valence-electron chi connectivity index (χ1n) is 4.43. The van der Waals surface area contributed by atoms with Crippen LogP contribution < -0.4 is 5.32 Å². The number of allylic oxidation sites excluding steroid dienone is 1. The Morgan fingerprint density at radius 3 is 3.09 bits per heavy atom. The van der Waals surface area contributed by atoms with Gasteiger partial charge in [0.25, 0.3) is 0 Å². The minimum atomic E-state index is 0.556. The molecule has 2 nitrogen and oxygen atoms in total. The minimum absolute atomic E-state index is 0.556. The molecule has 0 saturated carbocycles. The zero-order valence-electron chi connectivity index (χ0n) is 7.51. The normalized spacial score (nSPS) is 28.0. The van der Waals surface area contributed by atoms with Crippen molar-refractivity contribution >= 4 is 0 Å². The molecule has 0 aromatic heterocycles. The van der Waals surface area contributed by atoms with Crippen LogP contribution in [0.3, 0.4) is 0 Å². The van der Waals surface area contributed by atoms with Crippen LogP contribution in [-0.4, -0.2) is 30.7 Å². The van der Waals surface area contributed by atoms with Gasteiger partial charge in [-0.25, -0.2) is 0 Å². The van der Waals surface area contributed by atoms with Crippen molar-refractivity contribution in [2.75, 3.05) is 19.6 Å². The lowest BCUT2D eigenvalue weighted by atomic mass is 10.2. The summed E-state index contributed by atoms with van der Waals surface area (Å²) in [7, 11) is 0. The maximum Gasteiger partial charge on any atom is 0.0570 e. The topological polar surface area (TPSA) is 15.3 Å². The van der Waals surface area contributed by atoms with E-state index in [9.17, 15) is 0 Å². The summed E-state index contributed by atoms with van der Waals surface area (Å²) >= 11 is 0. The molecule has 0 bridgehead atoms. The first-order chi connectivity index (χ1) is 5.34. The van der Waals surface area contributed by atoms with E-state index < -0.39 is 0 Å². The summed E-state index contributed by atoms with van der Waals surface area (Å²) in [6.07, 6.45) is 6.16. The van der Waals surface area contributed by atoms with Gasteiger partial charge in [-0.05, 0) is 26.8 Å². The molecule has 0 amide bonds. The van der Waals surface area contributed by atoms with Gasteiger partial charge in [-0.3, -0.25) is 4.90 Å². The molecule has 1 unspecified atom stereocenters. The van der Waals surface area contributed by atoms with Crippen molar-refractivity contribution < 1.29 is 0 Å². The average Bonchev–Trinajstić information content (AvgIpc) is 2.03. The highest BCUT2D eigenvalue weighted by Crippen LogP contribution is 2.02. The third-order valence-electron chi connectivity index (χ3n) is 2.19. The van der Waals surface area contributed by atoms with E-state index in [1.807, 2.05) is 0 Å². The Labute approximate surface area is 69.3 Å². The number of nitrogens with zero attached hydrogens (tertiary/aromatic N) is 1. The molecular weight excluding hydrogens is 136 g/mol. The molecule has 1 N–H and O–H groups in total. The summed E-state index contributed by atoms with van der Waals surface area (Å²) in [5, 5.41) is 3.43. The van der Waals surface area contributed by atoms with Crippen molar-refractivity contribution in [3.63, 3.8) is 0 Å². The Morgan fingerprint density at radius 2 is 2.45 bits per heavy atom. The number of rotatable bonds is 2. The van der Waals surface area contributed by atoms with Crippen LogP contribution >= 0.6 is 0 Å². The maximum atomic E-state index is 3.43. The first-order valence-corrected chi connectivity index (χ1v) is 4.43. The smallest absolute Gasteiger partial charge is 0.0570 e. The molecule has 1 aliphatic heterocycles. The van der Waals surface area contributed by atoms with Crippen LogP contribution in [0.4, 0.5) is 0 Å². The predicted molar refractivity (Wildman–Crippen MR) is 48.5 cm³/mol. The van der Waals surface area contributed by atoms with E-state index in [2.05, 4.69) is 36.2 Å². The van der Waals surface area contributed by atoms with Crippen LogP contribution in [0.1, 0.15) is 20.3 Å². The van der Waals surface area contributed by atoms with Crippen LogP contribution in [0, 0.1) is 0 Å². The highest BCUT2D eigenvalue weighted by molar-refractivity contribution is 4.84. The standard InChI is InChI=1S/C9H18N2/c1-3-4-7-11-8-5-6-10-9(11)2/h3-4,9-10H,5-8H2,1-2H3/b4-3-. The summed E-state index contributed by atoms with van der Waals surface area (Å²) in [5.41, 5.74) is 0. The van der Waals surface area contributed by atoms with Crippen molar-refractivity contribution in [1.29, 1.82) is 0 Å². The van der Waals surface area contributed by atoms with Crippen molar-refractivity contribution in [2.24, 2.45) is 0 Å². The molecule has 1 aliphatic rings. The molecule has 1 fully saturated rings. The second-order valence-corrected chi connectivity index (χ2v) is 3.05. The quantitative estimate of drug-likeness (QED) is 0.601. The summed E-state index contributed by atoms with van der Waals surface area (Å²) < 4.78 is 0. The zero-order valence-corrected chi connectivity index (χ0v) is 7.51. The van der Waals surface area contributed by atoms with E-state index >= 15 is 0 Å². The van der Waals surface area contributed by atoms with E-state index in [4.69, 9.17) is 0 Å². The molecular formula is C9H18N2. The Kier molecular flexibility index (Phi) is 3.60.